The van der Waals surface area contributed by atoms with Crippen LogP contribution in [0, 0.1) is 5.41 Å². The summed E-state index contributed by atoms with van der Waals surface area (Å²) in [5.41, 5.74) is 6.64. The van der Waals surface area contributed by atoms with Gasteiger partial charge < -0.3 is 10.6 Å². The van der Waals surface area contributed by atoms with E-state index >= 15 is 0 Å². The van der Waals surface area contributed by atoms with Gasteiger partial charge in [-0.2, -0.15) is 0 Å². The van der Waals surface area contributed by atoms with Crippen molar-refractivity contribution in [3.8, 4) is 0 Å². The van der Waals surface area contributed by atoms with Crippen LogP contribution in [0.25, 0.3) is 0 Å². The molecule has 0 amide bonds. The SMILES string of the molecule is CN(C)c1nnc(SC2CCCC(C)(C)C2N)s1. The molecule has 0 bridgehead atoms. The maximum absolute atomic E-state index is 6.40. The Hall–Kier alpha value is -0.330. The summed E-state index contributed by atoms with van der Waals surface area (Å²) >= 11 is 3.45. The molecule has 0 aliphatic heterocycles. The summed E-state index contributed by atoms with van der Waals surface area (Å²) in [5, 5.41) is 9.85. The molecule has 1 aliphatic rings. The number of nitrogens with two attached hydrogens (primary N) is 1. The summed E-state index contributed by atoms with van der Waals surface area (Å²) in [6.07, 6.45) is 3.67. The van der Waals surface area contributed by atoms with Crippen LogP contribution < -0.4 is 10.6 Å². The predicted octanol–water partition coefficient (Wildman–Crippen LogP) is 2.60. The van der Waals surface area contributed by atoms with E-state index in [0.717, 1.165) is 9.47 Å². The van der Waals surface area contributed by atoms with E-state index in [2.05, 4.69) is 24.0 Å². The predicted molar refractivity (Wildman–Crippen MR) is 79.5 cm³/mol. The first-order valence-electron chi connectivity index (χ1n) is 6.33. The van der Waals surface area contributed by atoms with Gasteiger partial charge in [-0.05, 0) is 18.3 Å². The second-order valence-electron chi connectivity index (χ2n) is 5.81. The van der Waals surface area contributed by atoms with Gasteiger partial charge in [0.15, 0.2) is 4.34 Å². The van der Waals surface area contributed by atoms with Crippen LogP contribution in [0.4, 0.5) is 5.13 Å². The fourth-order valence-electron chi connectivity index (χ4n) is 2.30. The van der Waals surface area contributed by atoms with Crippen molar-refractivity contribution in [3.63, 3.8) is 0 Å². The van der Waals surface area contributed by atoms with Crippen LogP contribution in [0.3, 0.4) is 0 Å². The summed E-state index contributed by atoms with van der Waals surface area (Å²) in [6.45, 7) is 4.55. The normalized spacial score (nSPS) is 27.2. The minimum absolute atomic E-state index is 0.239. The van der Waals surface area contributed by atoms with Crippen LogP contribution in [0.15, 0.2) is 4.34 Å². The minimum atomic E-state index is 0.239. The lowest BCUT2D eigenvalue weighted by Crippen LogP contribution is -2.48. The molecule has 4 nitrogen and oxygen atoms in total. The first kappa shape index (κ1) is 14.1. The number of nitrogens with zero attached hydrogens (tertiary/aromatic N) is 3. The Morgan fingerprint density at radius 2 is 2.11 bits per heavy atom. The third-order valence-corrected chi connectivity index (χ3v) is 6.18. The second-order valence-corrected chi connectivity index (χ2v) is 8.25. The van der Waals surface area contributed by atoms with Gasteiger partial charge in [0, 0.05) is 25.4 Å². The van der Waals surface area contributed by atoms with Crippen LogP contribution in [-0.2, 0) is 0 Å². The molecule has 0 aromatic carbocycles. The Morgan fingerprint density at radius 1 is 1.39 bits per heavy atom. The lowest BCUT2D eigenvalue weighted by Gasteiger charge is -2.41. The number of hydrogen-bond donors (Lipinski definition) is 1. The van der Waals surface area contributed by atoms with Gasteiger partial charge in [-0.15, -0.1) is 10.2 Å². The molecule has 0 radical (unpaired) electrons. The Morgan fingerprint density at radius 3 is 2.72 bits per heavy atom. The molecule has 0 saturated heterocycles. The van der Waals surface area contributed by atoms with E-state index in [1.165, 1.54) is 19.3 Å². The average molecular weight is 286 g/mol. The molecule has 18 heavy (non-hydrogen) atoms. The monoisotopic (exact) mass is 286 g/mol. The zero-order chi connectivity index (χ0) is 13.3. The Balaban J connectivity index is 2.04. The average Bonchev–Trinajstić information content (AvgIpc) is 2.73. The molecule has 1 heterocycles. The van der Waals surface area contributed by atoms with Gasteiger partial charge in [-0.25, -0.2) is 0 Å². The topological polar surface area (TPSA) is 55.0 Å². The van der Waals surface area contributed by atoms with Crippen molar-refractivity contribution < 1.29 is 0 Å². The van der Waals surface area contributed by atoms with Crippen LogP contribution in [0.2, 0.25) is 0 Å². The van der Waals surface area contributed by atoms with Crippen molar-refractivity contribution in [2.24, 2.45) is 11.1 Å². The highest BCUT2D eigenvalue weighted by atomic mass is 32.2. The quantitative estimate of drug-likeness (QED) is 0.925. The van der Waals surface area contributed by atoms with E-state index in [-0.39, 0.29) is 11.5 Å². The van der Waals surface area contributed by atoms with Crippen molar-refractivity contribution >= 4 is 28.2 Å². The molecule has 1 fully saturated rings. The third kappa shape index (κ3) is 2.97. The summed E-state index contributed by atoms with van der Waals surface area (Å²) in [7, 11) is 3.98. The largest absolute Gasteiger partial charge is 0.353 e. The van der Waals surface area contributed by atoms with Crippen molar-refractivity contribution in [3.05, 3.63) is 0 Å². The number of anilines is 1. The zero-order valence-corrected chi connectivity index (χ0v) is 13.1. The summed E-state index contributed by atoms with van der Waals surface area (Å²) in [5.74, 6) is 0. The smallest absolute Gasteiger partial charge is 0.208 e. The van der Waals surface area contributed by atoms with E-state index in [1.54, 1.807) is 23.1 Å². The molecule has 2 rings (SSSR count). The van der Waals surface area contributed by atoms with E-state index in [0.29, 0.717) is 5.25 Å². The molecule has 2 unspecified atom stereocenters. The van der Waals surface area contributed by atoms with Gasteiger partial charge in [0.25, 0.3) is 0 Å². The summed E-state index contributed by atoms with van der Waals surface area (Å²) in [4.78, 5) is 1.99. The highest BCUT2D eigenvalue weighted by molar-refractivity contribution is 8.01. The van der Waals surface area contributed by atoms with Gasteiger partial charge in [0.1, 0.15) is 0 Å². The minimum Gasteiger partial charge on any atom is -0.353 e. The van der Waals surface area contributed by atoms with Crippen molar-refractivity contribution in [2.75, 3.05) is 19.0 Å². The van der Waals surface area contributed by atoms with Crippen molar-refractivity contribution in [1.82, 2.24) is 10.2 Å². The van der Waals surface area contributed by atoms with Crippen molar-refractivity contribution in [1.29, 1.82) is 0 Å². The van der Waals surface area contributed by atoms with Crippen LogP contribution >= 0.6 is 23.1 Å². The molecule has 102 valence electrons. The fraction of sp³-hybridized carbons (Fsp3) is 0.833. The standard InChI is InChI=1S/C12H22N4S2/c1-12(2)7-5-6-8(9(12)13)17-11-15-14-10(18-11)16(3)4/h8-9H,5-7,13H2,1-4H3. The molecule has 1 aromatic heterocycles. The Labute approximate surface area is 117 Å². The maximum atomic E-state index is 6.40. The first-order valence-corrected chi connectivity index (χ1v) is 8.03. The molecular formula is C12H22N4S2. The first-order chi connectivity index (χ1) is 8.40. The van der Waals surface area contributed by atoms with Gasteiger partial charge in [0.2, 0.25) is 5.13 Å². The van der Waals surface area contributed by atoms with Crippen LogP contribution in [-0.4, -0.2) is 35.6 Å². The van der Waals surface area contributed by atoms with Crippen LogP contribution in [0.5, 0.6) is 0 Å². The van der Waals surface area contributed by atoms with E-state index in [1.807, 2.05) is 19.0 Å². The molecule has 1 aromatic rings. The Bertz CT molecular complexity index is 403. The number of rotatable bonds is 3. The van der Waals surface area contributed by atoms with Gasteiger partial charge in [-0.1, -0.05) is 43.4 Å². The lowest BCUT2D eigenvalue weighted by atomic mass is 9.73. The molecular weight excluding hydrogens is 264 g/mol. The molecule has 2 N–H and O–H groups in total. The van der Waals surface area contributed by atoms with Gasteiger partial charge >= 0.3 is 0 Å². The summed E-state index contributed by atoms with van der Waals surface area (Å²) < 4.78 is 1.04. The second kappa shape index (κ2) is 5.35. The third-order valence-electron chi connectivity index (χ3n) is 3.64. The summed E-state index contributed by atoms with van der Waals surface area (Å²) in [6, 6.07) is 0.239. The van der Waals surface area contributed by atoms with E-state index in [9.17, 15) is 0 Å². The van der Waals surface area contributed by atoms with Gasteiger partial charge in [0.05, 0.1) is 0 Å². The van der Waals surface area contributed by atoms with E-state index in [4.69, 9.17) is 5.73 Å². The molecule has 0 spiro atoms. The zero-order valence-electron chi connectivity index (χ0n) is 11.5. The molecule has 2 atom stereocenters. The molecule has 6 heteroatoms. The Kier molecular flexibility index (Phi) is 4.18. The number of thioether (sulfide) groups is 1. The van der Waals surface area contributed by atoms with Crippen LogP contribution in [0.1, 0.15) is 33.1 Å². The number of aromatic nitrogens is 2. The fourth-order valence-corrected chi connectivity index (χ4v) is 4.74. The van der Waals surface area contributed by atoms with Gasteiger partial charge in [-0.3, -0.25) is 0 Å². The van der Waals surface area contributed by atoms with E-state index < -0.39 is 0 Å². The molecule has 1 saturated carbocycles. The van der Waals surface area contributed by atoms with Crippen molar-refractivity contribution in [2.45, 2.75) is 48.7 Å². The number of hydrogen-bond acceptors (Lipinski definition) is 6. The molecule has 1 aliphatic carbocycles. The highest BCUT2D eigenvalue weighted by Crippen LogP contribution is 2.42. The highest BCUT2D eigenvalue weighted by Gasteiger charge is 2.37. The maximum Gasteiger partial charge on any atom is 0.208 e. The lowest BCUT2D eigenvalue weighted by molar-refractivity contribution is 0.208.